The third-order valence-electron chi connectivity index (χ3n) is 7.20. The first-order chi connectivity index (χ1) is 15.8. The van der Waals surface area contributed by atoms with E-state index < -0.39 is 5.41 Å². The third kappa shape index (κ3) is 4.07. The number of benzene rings is 4. The molecule has 3 N–H and O–H groups in total. The van der Waals surface area contributed by atoms with E-state index >= 15 is 0 Å². The number of phenols is 3. The summed E-state index contributed by atoms with van der Waals surface area (Å²) >= 11 is 0. The number of hydrogen-bond acceptors (Lipinski definition) is 3. The van der Waals surface area contributed by atoms with Crippen LogP contribution in [0.5, 0.6) is 17.2 Å². The number of hydrogen-bond donors (Lipinski definition) is 3. The van der Waals surface area contributed by atoms with E-state index in [1.54, 1.807) is 36.4 Å². The molecule has 1 atom stereocenters. The maximum absolute atomic E-state index is 9.83. The molecule has 0 fully saturated rings. The monoisotopic (exact) mass is 438 g/mol. The highest BCUT2D eigenvalue weighted by Gasteiger charge is 2.33. The van der Waals surface area contributed by atoms with Gasteiger partial charge < -0.3 is 15.3 Å². The van der Waals surface area contributed by atoms with Crippen molar-refractivity contribution in [1.82, 2.24) is 0 Å². The first-order valence-electron chi connectivity index (χ1n) is 11.3. The van der Waals surface area contributed by atoms with Crippen LogP contribution in [0, 0.1) is 0 Å². The summed E-state index contributed by atoms with van der Waals surface area (Å²) in [6.07, 6.45) is 0.921. The van der Waals surface area contributed by atoms with Crippen molar-refractivity contribution in [3.8, 4) is 17.2 Å². The van der Waals surface area contributed by atoms with Crippen molar-refractivity contribution >= 4 is 0 Å². The Labute approximate surface area is 195 Å². The SMILES string of the molecule is CCC(C)(c1ccc(O)cc1)c1ccc(C(C)(c2ccc(O)cc2)c2ccc(O)cc2)cc1. The van der Waals surface area contributed by atoms with Crippen molar-refractivity contribution < 1.29 is 15.3 Å². The Morgan fingerprint density at radius 3 is 1.00 bits per heavy atom. The Morgan fingerprint density at radius 1 is 0.455 bits per heavy atom. The fraction of sp³-hybridized carbons (Fsp3) is 0.200. The Balaban J connectivity index is 1.81. The van der Waals surface area contributed by atoms with Crippen LogP contribution in [0.25, 0.3) is 0 Å². The topological polar surface area (TPSA) is 60.7 Å². The van der Waals surface area contributed by atoms with E-state index in [0.29, 0.717) is 0 Å². The molecule has 0 aromatic heterocycles. The van der Waals surface area contributed by atoms with Gasteiger partial charge in [-0.05, 0) is 77.6 Å². The molecule has 3 nitrogen and oxygen atoms in total. The summed E-state index contributed by atoms with van der Waals surface area (Å²) in [5.41, 5.74) is 4.94. The summed E-state index contributed by atoms with van der Waals surface area (Å²) in [6.45, 7) is 6.57. The quantitative estimate of drug-likeness (QED) is 0.288. The van der Waals surface area contributed by atoms with Crippen LogP contribution in [0.15, 0.2) is 97.1 Å². The Hall–Kier alpha value is -3.72. The zero-order valence-electron chi connectivity index (χ0n) is 19.3. The second kappa shape index (κ2) is 8.67. The van der Waals surface area contributed by atoms with Crippen molar-refractivity contribution in [3.05, 3.63) is 125 Å². The molecule has 0 amide bonds. The van der Waals surface area contributed by atoms with Gasteiger partial charge in [0.15, 0.2) is 0 Å². The molecule has 0 saturated carbocycles. The van der Waals surface area contributed by atoms with E-state index in [9.17, 15) is 15.3 Å². The van der Waals surface area contributed by atoms with Crippen LogP contribution in [-0.2, 0) is 10.8 Å². The Kier molecular flexibility index (Phi) is 5.90. The van der Waals surface area contributed by atoms with Crippen LogP contribution < -0.4 is 0 Å². The molecule has 3 heteroatoms. The number of aromatic hydroxyl groups is 3. The van der Waals surface area contributed by atoms with Crippen LogP contribution in [0.4, 0.5) is 0 Å². The van der Waals surface area contributed by atoms with Gasteiger partial charge in [-0.25, -0.2) is 0 Å². The smallest absolute Gasteiger partial charge is 0.115 e. The van der Waals surface area contributed by atoms with Gasteiger partial charge in [-0.15, -0.1) is 0 Å². The van der Waals surface area contributed by atoms with Crippen LogP contribution in [0.2, 0.25) is 0 Å². The normalized spacial score (nSPS) is 13.4. The van der Waals surface area contributed by atoms with Gasteiger partial charge in [0.2, 0.25) is 0 Å². The highest BCUT2D eigenvalue weighted by molar-refractivity contribution is 5.52. The average molecular weight is 439 g/mol. The predicted octanol–water partition coefficient (Wildman–Crippen LogP) is 6.87. The van der Waals surface area contributed by atoms with Gasteiger partial charge in [0, 0.05) is 10.8 Å². The van der Waals surface area contributed by atoms with E-state index in [-0.39, 0.29) is 22.7 Å². The van der Waals surface area contributed by atoms with E-state index in [1.165, 1.54) is 5.56 Å². The molecule has 0 radical (unpaired) electrons. The van der Waals surface area contributed by atoms with Gasteiger partial charge in [-0.2, -0.15) is 0 Å². The molecule has 0 saturated heterocycles. The maximum Gasteiger partial charge on any atom is 0.115 e. The van der Waals surface area contributed by atoms with Crippen LogP contribution in [0.3, 0.4) is 0 Å². The molecule has 168 valence electrons. The summed E-state index contributed by atoms with van der Waals surface area (Å²) < 4.78 is 0. The van der Waals surface area contributed by atoms with Crippen LogP contribution in [-0.4, -0.2) is 15.3 Å². The Bertz CT molecular complexity index is 1160. The number of phenolic OH excluding ortho intramolecular Hbond substituents is 3. The summed E-state index contributed by atoms with van der Waals surface area (Å²) in [5.74, 6) is 0.732. The second-order valence-corrected chi connectivity index (χ2v) is 9.03. The summed E-state index contributed by atoms with van der Waals surface area (Å²) in [6, 6.07) is 30.8. The van der Waals surface area contributed by atoms with Crippen LogP contribution in [0.1, 0.15) is 55.0 Å². The molecule has 0 aliphatic carbocycles. The van der Waals surface area contributed by atoms with Crippen molar-refractivity contribution in [2.75, 3.05) is 0 Å². The maximum atomic E-state index is 9.83. The van der Waals surface area contributed by atoms with Crippen molar-refractivity contribution in [2.45, 2.75) is 38.0 Å². The highest BCUT2D eigenvalue weighted by Crippen LogP contribution is 2.42. The summed E-state index contributed by atoms with van der Waals surface area (Å²) in [4.78, 5) is 0. The van der Waals surface area contributed by atoms with E-state index in [4.69, 9.17) is 0 Å². The number of rotatable bonds is 6. The molecule has 4 aromatic rings. The molecule has 4 rings (SSSR count). The summed E-state index contributed by atoms with van der Waals surface area (Å²) in [7, 11) is 0. The van der Waals surface area contributed by atoms with Gasteiger partial charge in [0.25, 0.3) is 0 Å². The molecule has 4 aromatic carbocycles. The molecule has 0 spiro atoms. The molecule has 0 bridgehead atoms. The lowest BCUT2D eigenvalue weighted by atomic mass is 9.69. The third-order valence-corrected chi connectivity index (χ3v) is 7.20. The molecular formula is C30H30O3. The fourth-order valence-electron chi connectivity index (χ4n) is 4.67. The minimum Gasteiger partial charge on any atom is -0.508 e. The van der Waals surface area contributed by atoms with Gasteiger partial charge >= 0.3 is 0 Å². The lowest BCUT2D eigenvalue weighted by Gasteiger charge is -2.34. The van der Waals surface area contributed by atoms with Gasteiger partial charge in [0.05, 0.1) is 0 Å². The Morgan fingerprint density at radius 2 is 0.697 bits per heavy atom. The van der Waals surface area contributed by atoms with E-state index in [1.807, 2.05) is 36.4 Å². The predicted molar refractivity (Wildman–Crippen MR) is 133 cm³/mol. The van der Waals surface area contributed by atoms with E-state index in [0.717, 1.165) is 28.7 Å². The first-order valence-corrected chi connectivity index (χ1v) is 11.3. The molecule has 0 aliphatic rings. The molecule has 33 heavy (non-hydrogen) atoms. The lowest BCUT2D eigenvalue weighted by molar-refractivity contribution is 0.473. The van der Waals surface area contributed by atoms with Crippen molar-refractivity contribution in [1.29, 1.82) is 0 Å². The molecular weight excluding hydrogens is 408 g/mol. The molecule has 1 unspecified atom stereocenters. The zero-order chi connectivity index (χ0) is 23.6. The highest BCUT2D eigenvalue weighted by atomic mass is 16.3. The largest absolute Gasteiger partial charge is 0.508 e. The van der Waals surface area contributed by atoms with Gasteiger partial charge in [0.1, 0.15) is 17.2 Å². The second-order valence-electron chi connectivity index (χ2n) is 9.03. The standard InChI is InChI=1S/C30H30O3/c1-4-29(2,22-9-15-26(31)16-10-22)21-5-7-23(8-6-21)30(3,24-11-17-27(32)18-12-24)25-13-19-28(33)20-14-25/h5-20,31-33H,4H2,1-3H3. The fourth-order valence-corrected chi connectivity index (χ4v) is 4.67. The van der Waals surface area contributed by atoms with Gasteiger partial charge in [-0.1, -0.05) is 74.5 Å². The van der Waals surface area contributed by atoms with Crippen molar-refractivity contribution in [2.24, 2.45) is 0 Å². The zero-order valence-corrected chi connectivity index (χ0v) is 19.3. The van der Waals surface area contributed by atoms with Crippen molar-refractivity contribution in [3.63, 3.8) is 0 Å². The summed E-state index contributed by atoms with van der Waals surface area (Å²) in [5, 5.41) is 29.4. The van der Waals surface area contributed by atoms with E-state index in [2.05, 4.69) is 45.0 Å². The molecule has 0 aliphatic heterocycles. The minimum atomic E-state index is -0.471. The minimum absolute atomic E-state index is 0.181. The first kappa shape index (κ1) is 22.5. The van der Waals surface area contributed by atoms with Crippen LogP contribution >= 0.6 is 0 Å². The van der Waals surface area contributed by atoms with Gasteiger partial charge in [-0.3, -0.25) is 0 Å². The molecule has 0 heterocycles. The lowest BCUT2D eigenvalue weighted by Crippen LogP contribution is -2.26. The average Bonchev–Trinajstić information content (AvgIpc) is 2.84.